The van der Waals surface area contributed by atoms with Crippen molar-refractivity contribution in [3.05, 3.63) is 24.3 Å². The molecule has 10 heteroatoms. The highest BCUT2D eigenvalue weighted by Crippen LogP contribution is 2.38. The molecular weight excluding hydrogens is 725 g/mol. The van der Waals surface area contributed by atoms with Gasteiger partial charge in [-0.1, -0.05) is 173 Å². The standard InChI is InChI=1S/C46H88NO8P/c1-6-8-10-12-14-16-18-20-22-23-25-27-29-31-33-35-37-39-46(49)55-44(43-54-56(50,51)53-41-40-47(3,4)5)42-52-45(48)38-36-34-32-30-28-26-24-21-19-17-15-13-11-9-7-2/h21,24,28,30,44H,6-20,22-23,25-27,29,31-43H2,1-5H3/b24-21+,30-28+/t44-/m1/s1. The zero-order valence-electron chi connectivity index (χ0n) is 37.1. The molecule has 0 aromatic carbocycles. The van der Waals surface area contributed by atoms with Crippen molar-refractivity contribution in [2.24, 2.45) is 0 Å². The van der Waals surface area contributed by atoms with Crippen molar-refractivity contribution < 1.29 is 42.1 Å². The van der Waals surface area contributed by atoms with Crippen LogP contribution in [-0.2, 0) is 32.7 Å². The fourth-order valence-corrected chi connectivity index (χ4v) is 7.06. The molecule has 0 aliphatic carbocycles. The van der Waals surface area contributed by atoms with Crippen molar-refractivity contribution in [2.45, 2.75) is 213 Å². The molecular formula is C46H88NO8P. The second-order valence-corrected chi connectivity index (χ2v) is 18.2. The molecule has 0 heterocycles. The van der Waals surface area contributed by atoms with E-state index in [1.807, 2.05) is 21.1 Å². The molecule has 0 saturated heterocycles. The number of unbranched alkanes of at least 4 members (excludes halogenated alkanes) is 24. The van der Waals surface area contributed by atoms with Crippen LogP contribution in [0.3, 0.4) is 0 Å². The summed E-state index contributed by atoms with van der Waals surface area (Å²) in [4.78, 5) is 37.5. The molecule has 0 aromatic heterocycles. The molecule has 2 atom stereocenters. The van der Waals surface area contributed by atoms with Crippen molar-refractivity contribution in [3.63, 3.8) is 0 Å². The van der Waals surface area contributed by atoms with E-state index >= 15 is 0 Å². The number of esters is 2. The Morgan fingerprint density at radius 3 is 1.45 bits per heavy atom. The Morgan fingerprint density at radius 2 is 0.964 bits per heavy atom. The molecule has 1 unspecified atom stereocenters. The van der Waals surface area contributed by atoms with Gasteiger partial charge in [0.15, 0.2) is 6.10 Å². The number of hydrogen-bond acceptors (Lipinski definition) is 8. The fraction of sp³-hybridized carbons (Fsp3) is 0.870. The summed E-state index contributed by atoms with van der Waals surface area (Å²) in [5, 5.41) is 0. The summed E-state index contributed by atoms with van der Waals surface area (Å²) in [6.07, 6.45) is 42.0. The highest BCUT2D eigenvalue weighted by molar-refractivity contribution is 7.45. The van der Waals surface area contributed by atoms with Gasteiger partial charge in [0, 0.05) is 12.8 Å². The maximum atomic E-state index is 12.7. The van der Waals surface area contributed by atoms with E-state index in [4.69, 9.17) is 18.5 Å². The van der Waals surface area contributed by atoms with Gasteiger partial charge in [-0.25, -0.2) is 0 Å². The van der Waals surface area contributed by atoms with Crippen molar-refractivity contribution in [3.8, 4) is 0 Å². The van der Waals surface area contributed by atoms with Gasteiger partial charge >= 0.3 is 11.9 Å². The monoisotopic (exact) mass is 814 g/mol. The Kier molecular flexibility index (Phi) is 37.9. The van der Waals surface area contributed by atoms with Gasteiger partial charge in [0.2, 0.25) is 0 Å². The number of likely N-dealkylation sites (N-methyl/N-ethyl adjacent to an activating group) is 1. The van der Waals surface area contributed by atoms with Crippen LogP contribution in [-0.4, -0.2) is 70.0 Å². The Labute approximate surface area is 345 Å². The minimum Gasteiger partial charge on any atom is -0.756 e. The van der Waals surface area contributed by atoms with Crippen molar-refractivity contribution in [1.82, 2.24) is 0 Å². The fourth-order valence-electron chi connectivity index (χ4n) is 6.33. The van der Waals surface area contributed by atoms with Gasteiger partial charge in [0.25, 0.3) is 7.82 Å². The molecule has 0 aliphatic heterocycles. The summed E-state index contributed by atoms with van der Waals surface area (Å²) < 4.78 is 33.9. The first-order valence-corrected chi connectivity index (χ1v) is 24.5. The van der Waals surface area contributed by atoms with Gasteiger partial charge in [-0.2, -0.15) is 0 Å². The number of carbonyl (C=O) groups is 2. The van der Waals surface area contributed by atoms with Crippen LogP contribution in [0.25, 0.3) is 0 Å². The lowest BCUT2D eigenvalue weighted by atomic mass is 10.0. The van der Waals surface area contributed by atoms with E-state index in [2.05, 4.69) is 38.2 Å². The SMILES string of the molecule is CCCCCCCC/C=C/C/C=C/CCCCC(=O)OC[C@H](COP(=O)([O-])OCC[N+](C)(C)C)OC(=O)CCCCCCCCCCCCCCCCCCC. The number of ether oxygens (including phenoxy) is 2. The van der Waals surface area contributed by atoms with E-state index in [0.717, 1.165) is 38.5 Å². The zero-order chi connectivity index (χ0) is 41.4. The van der Waals surface area contributed by atoms with E-state index < -0.39 is 32.5 Å². The summed E-state index contributed by atoms with van der Waals surface area (Å²) in [5.41, 5.74) is 0. The lowest BCUT2D eigenvalue weighted by Gasteiger charge is -2.28. The molecule has 0 radical (unpaired) electrons. The molecule has 330 valence electrons. The molecule has 0 bridgehead atoms. The Bertz CT molecular complexity index is 1010. The van der Waals surface area contributed by atoms with Gasteiger partial charge in [-0.15, -0.1) is 0 Å². The highest BCUT2D eigenvalue weighted by atomic mass is 31.2. The van der Waals surface area contributed by atoms with Gasteiger partial charge in [0.05, 0.1) is 27.7 Å². The third-order valence-electron chi connectivity index (χ3n) is 9.97. The third kappa shape index (κ3) is 42.1. The van der Waals surface area contributed by atoms with E-state index in [9.17, 15) is 19.0 Å². The van der Waals surface area contributed by atoms with Crippen LogP contribution in [0.15, 0.2) is 24.3 Å². The molecule has 0 spiro atoms. The van der Waals surface area contributed by atoms with Crippen LogP contribution >= 0.6 is 7.82 Å². The number of quaternary nitrogens is 1. The normalized spacial score (nSPS) is 13.8. The van der Waals surface area contributed by atoms with Gasteiger partial charge in [-0.05, 0) is 44.9 Å². The predicted octanol–water partition coefficient (Wildman–Crippen LogP) is 12.5. The average molecular weight is 814 g/mol. The van der Waals surface area contributed by atoms with Gasteiger partial charge in [-0.3, -0.25) is 14.2 Å². The number of phosphoric acid groups is 1. The molecule has 0 aromatic rings. The van der Waals surface area contributed by atoms with Crippen molar-refractivity contribution in [2.75, 3.05) is 47.5 Å². The van der Waals surface area contributed by atoms with Gasteiger partial charge < -0.3 is 27.9 Å². The Hall–Kier alpha value is -1.51. The molecule has 9 nitrogen and oxygen atoms in total. The topological polar surface area (TPSA) is 111 Å². The van der Waals surface area contributed by atoms with Crippen LogP contribution in [0.2, 0.25) is 0 Å². The number of allylic oxidation sites excluding steroid dienone is 4. The molecule has 0 amide bonds. The van der Waals surface area contributed by atoms with Crippen molar-refractivity contribution in [1.29, 1.82) is 0 Å². The summed E-state index contributed by atoms with van der Waals surface area (Å²) in [7, 11) is 1.16. The molecule has 0 fully saturated rings. The summed E-state index contributed by atoms with van der Waals surface area (Å²) >= 11 is 0. The minimum absolute atomic E-state index is 0.0336. The number of carbonyl (C=O) groups excluding carboxylic acids is 2. The first-order valence-electron chi connectivity index (χ1n) is 23.0. The third-order valence-corrected chi connectivity index (χ3v) is 10.9. The largest absolute Gasteiger partial charge is 0.756 e. The number of nitrogens with zero attached hydrogens (tertiary/aromatic N) is 1. The van der Waals surface area contributed by atoms with E-state index in [1.165, 1.54) is 128 Å². The average Bonchev–Trinajstić information content (AvgIpc) is 3.15. The molecule has 56 heavy (non-hydrogen) atoms. The second kappa shape index (κ2) is 39.0. The minimum atomic E-state index is -4.63. The maximum Gasteiger partial charge on any atom is 0.306 e. The van der Waals surface area contributed by atoms with Gasteiger partial charge in [0.1, 0.15) is 19.8 Å². The highest BCUT2D eigenvalue weighted by Gasteiger charge is 2.21. The lowest BCUT2D eigenvalue weighted by Crippen LogP contribution is -2.37. The molecule has 0 rings (SSSR count). The Balaban J connectivity index is 4.35. The number of rotatable bonds is 42. The number of hydrogen-bond donors (Lipinski definition) is 0. The van der Waals surface area contributed by atoms with E-state index in [-0.39, 0.29) is 26.1 Å². The van der Waals surface area contributed by atoms with Crippen LogP contribution < -0.4 is 4.89 Å². The Morgan fingerprint density at radius 1 is 0.554 bits per heavy atom. The predicted molar refractivity (Wildman–Crippen MR) is 231 cm³/mol. The smallest absolute Gasteiger partial charge is 0.306 e. The van der Waals surface area contributed by atoms with E-state index in [1.54, 1.807) is 0 Å². The molecule has 0 aliphatic rings. The summed E-state index contributed by atoms with van der Waals surface area (Å²) in [5.74, 6) is -0.864. The van der Waals surface area contributed by atoms with Crippen molar-refractivity contribution >= 4 is 19.8 Å². The first-order chi connectivity index (χ1) is 27.0. The maximum absolute atomic E-state index is 12.7. The van der Waals surface area contributed by atoms with E-state index in [0.29, 0.717) is 23.9 Å². The van der Waals surface area contributed by atoms with Crippen LogP contribution in [0.4, 0.5) is 0 Å². The summed E-state index contributed by atoms with van der Waals surface area (Å²) in [6.45, 7) is 4.21. The van der Waals surface area contributed by atoms with Crippen LogP contribution in [0.1, 0.15) is 206 Å². The second-order valence-electron chi connectivity index (χ2n) is 16.8. The van der Waals surface area contributed by atoms with Crippen LogP contribution in [0, 0.1) is 0 Å². The lowest BCUT2D eigenvalue weighted by molar-refractivity contribution is -0.870. The van der Waals surface area contributed by atoms with Crippen LogP contribution in [0.5, 0.6) is 0 Å². The number of phosphoric ester groups is 1. The zero-order valence-corrected chi connectivity index (χ0v) is 38.0. The molecule has 0 saturated carbocycles. The quantitative estimate of drug-likeness (QED) is 0.0197. The molecule has 0 N–H and O–H groups in total. The summed E-state index contributed by atoms with van der Waals surface area (Å²) in [6, 6.07) is 0. The first kappa shape index (κ1) is 54.5.